The first-order chi connectivity index (χ1) is 7.75. The molecule has 1 aromatic rings. The molecular formula is C11H17NO3S. The van der Waals surface area contributed by atoms with Crippen LogP contribution < -0.4 is 5.32 Å². The van der Waals surface area contributed by atoms with E-state index in [-0.39, 0.29) is 6.61 Å². The molecule has 3 N–H and O–H groups in total. The number of hydrogen-bond donors (Lipinski definition) is 3. The molecule has 16 heavy (non-hydrogen) atoms. The second-order valence-electron chi connectivity index (χ2n) is 3.54. The third kappa shape index (κ3) is 4.30. The van der Waals surface area contributed by atoms with Gasteiger partial charge in [-0.15, -0.1) is 11.3 Å². The highest BCUT2D eigenvalue weighted by Gasteiger charge is 2.10. The van der Waals surface area contributed by atoms with Crippen LogP contribution in [-0.4, -0.2) is 29.3 Å². The lowest BCUT2D eigenvalue weighted by Crippen LogP contribution is -2.16. The largest absolute Gasteiger partial charge is 0.477 e. The van der Waals surface area contributed by atoms with Gasteiger partial charge in [-0.3, -0.25) is 0 Å². The fourth-order valence-electron chi connectivity index (χ4n) is 1.42. The number of thiophene rings is 1. The van der Waals surface area contributed by atoms with E-state index in [1.165, 1.54) is 11.3 Å². The Morgan fingerprint density at radius 3 is 2.88 bits per heavy atom. The number of unbranched alkanes of at least 4 members (excludes halogenated alkanes) is 2. The summed E-state index contributed by atoms with van der Waals surface area (Å²) in [4.78, 5) is 11.2. The van der Waals surface area contributed by atoms with Crippen molar-refractivity contribution >= 4 is 17.3 Å². The molecule has 1 aromatic heterocycles. The summed E-state index contributed by atoms with van der Waals surface area (Å²) >= 11 is 1.26. The highest BCUT2D eigenvalue weighted by molar-refractivity contribution is 7.12. The van der Waals surface area contributed by atoms with Crippen LogP contribution in [0.1, 0.15) is 34.5 Å². The first kappa shape index (κ1) is 13.2. The fraction of sp³-hybridized carbons (Fsp3) is 0.545. The van der Waals surface area contributed by atoms with E-state index in [2.05, 4.69) is 5.32 Å². The Balaban J connectivity index is 2.21. The van der Waals surface area contributed by atoms with E-state index in [4.69, 9.17) is 10.2 Å². The second-order valence-corrected chi connectivity index (χ2v) is 4.46. The zero-order valence-corrected chi connectivity index (χ0v) is 9.92. The lowest BCUT2D eigenvalue weighted by atomic mass is 10.2. The van der Waals surface area contributed by atoms with Crippen molar-refractivity contribution in [1.82, 2.24) is 5.32 Å². The molecule has 0 amide bonds. The number of hydrogen-bond acceptors (Lipinski definition) is 4. The summed E-state index contributed by atoms with van der Waals surface area (Å²) in [7, 11) is 0. The molecule has 0 radical (unpaired) electrons. The molecule has 0 spiro atoms. The van der Waals surface area contributed by atoms with Crippen molar-refractivity contribution in [3.8, 4) is 0 Å². The van der Waals surface area contributed by atoms with Gasteiger partial charge in [0.1, 0.15) is 4.88 Å². The van der Waals surface area contributed by atoms with Gasteiger partial charge in [-0.25, -0.2) is 4.79 Å². The summed E-state index contributed by atoms with van der Waals surface area (Å²) < 4.78 is 0. The maximum atomic E-state index is 10.8. The Morgan fingerprint density at radius 2 is 2.19 bits per heavy atom. The first-order valence-corrected chi connectivity index (χ1v) is 6.25. The van der Waals surface area contributed by atoms with Crippen molar-refractivity contribution in [2.24, 2.45) is 0 Å². The normalized spacial score (nSPS) is 10.6. The predicted molar refractivity (Wildman–Crippen MR) is 63.9 cm³/mol. The van der Waals surface area contributed by atoms with Crippen molar-refractivity contribution in [2.45, 2.75) is 25.8 Å². The smallest absolute Gasteiger partial charge is 0.346 e. The molecule has 0 atom stereocenters. The third-order valence-electron chi connectivity index (χ3n) is 2.27. The van der Waals surface area contributed by atoms with Crippen LogP contribution in [0.4, 0.5) is 0 Å². The van der Waals surface area contributed by atoms with Crippen LogP contribution in [0.25, 0.3) is 0 Å². The average molecular weight is 243 g/mol. The van der Waals surface area contributed by atoms with Crippen LogP contribution in [0.2, 0.25) is 0 Å². The van der Waals surface area contributed by atoms with Crippen LogP contribution in [0, 0.1) is 0 Å². The molecule has 0 bridgehead atoms. The van der Waals surface area contributed by atoms with Gasteiger partial charge in [0.2, 0.25) is 0 Å². The number of carboxylic acid groups (broad SMARTS) is 1. The molecule has 0 saturated carbocycles. The molecular weight excluding hydrogens is 226 g/mol. The Morgan fingerprint density at radius 1 is 1.38 bits per heavy atom. The molecule has 0 saturated heterocycles. The lowest BCUT2D eigenvalue weighted by molar-refractivity contribution is 0.0701. The Labute approximate surface area is 98.9 Å². The summed E-state index contributed by atoms with van der Waals surface area (Å²) in [6, 6.07) is 1.84. The number of carboxylic acids is 1. The Bertz CT molecular complexity index is 325. The van der Waals surface area contributed by atoms with E-state index in [1.807, 2.05) is 6.07 Å². The van der Waals surface area contributed by atoms with Crippen molar-refractivity contribution in [2.75, 3.05) is 13.2 Å². The van der Waals surface area contributed by atoms with Crippen LogP contribution in [0.5, 0.6) is 0 Å². The SMILES string of the molecule is O=C(O)c1sccc1CNCCCCCO. The summed E-state index contributed by atoms with van der Waals surface area (Å²) in [6.45, 7) is 1.70. The van der Waals surface area contributed by atoms with E-state index in [9.17, 15) is 4.79 Å². The summed E-state index contributed by atoms with van der Waals surface area (Å²) in [5, 5.41) is 22.5. The first-order valence-electron chi connectivity index (χ1n) is 5.37. The summed E-state index contributed by atoms with van der Waals surface area (Å²) in [5.74, 6) is -0.855. The van der Waals surface area contributed by atoms with Crippen molar-refractivity contribution in [3.05, 3.63) is 21.9 Å². The minimum atomic E-state index is -0.855. The molecule has 1 rings (SSSR count). The molecule has 0 aliphatic carbocycles. The minimum absolute atomic E-state index is 0.244. The maximum Gasteiger partial charge on any atom is 0.346 e. The van der Waals surface area contributed by atoms with Crippen LogP contribution in [-0.2, 0) is 6.54 Å². The summed E-state index contributed by atoms with van der Waals surface area (Å²) in [5.41, 5.74) is 0.847. The van der Waals surface area contributed by atoms with Gasteiger partial charge in [-0.2, -0.15) is 0 Å². The lowest BCUT2D eigenvalue weighted by Gasteiger charge is -2.03. The van der Waals surface area contributed by atoms with Crippen LogP contribution >= 0.6 is 11.3 Å². The van der Waals surface area contributed by atoms with Gasteiger partial charge < -0.3 is 15.5 Å². The highest BCUT2D eigenvalue weighted by atomic mass is 32.1. The number of rotatable bonds is 8. The van der Waals surface area contributed by atoms with Crippen LogP contribution in [0.15, 0.2) is 11.4 Å². The number of aliphatic hydroxyl groups is 1. The maximum absolute atomic E-state index is 10.8. The molecule has 0 aliphatic rings. The Kier molecular flexibility index (Phi) is 6.07. The van der Waals surface area contributed by atoms with E-state index in [1.54, 1.807) is 5.38 Å². The zero-order chi connectivity index (χ0) is 11.8. The molecule has 5 heteroatoms. The number of nitrogens with one attached hydrogen (secondary N) is 1. The topological polar surface area (TPSA) is 69.6 Å². The van der Waals surface area contributed by atoms with Gasteiger partial charge in [0.15, 0.2) is 0 Å². The fourth-order valence-corrected chi connectivity index (χ4v) is 2.18. The molecule has 1 heterocycles. The van der Waals surface area contributed by atoms with E-state index in [0.29, 0.717) is 11.4 Å². The number of aromatic carboxylic acids is 1. The van der Waals surface area contributed by atoms with Gasteiger partial charge in [0, 0.05) is 13.2 Å². The van der Waals surface area contributed by atoms with E-state index in [0.717, 1.165) is 31.4 Å². The monoisotopic (exact) mass is 243 g/mol. The highest BCUT2D eigenvalue weighted by Crippen LogP contribution is 2.16. The molecule has 0 unspecified atom stereocenters. The third-order valence-corrected chi connectivity index (χ3v) is 3.21. The average Bonchev–Trinajstić information content (AvgIpc) is 2.71. The minimum Gasteiger partial charge on any atom is -0.477 e. The van der Waals surface area contributed by atoms with E-state index >= 15 is 0 Å². The van der Waals surface area contributed by atoms with Gasteiger partial charge in [-0.1, -0.05) is 0 Å². The van der Waals surface area contributed by atoms with Crippen LogP contribution in [0.3, 0.4) is 0 Å². The van der Waals surface area contributed by atoms with Gasteiger partial charge >= 0.3 is 5.97 Å². The molecule has 90 valence electrons. The quantitative estimate of drug-likeness (QED) is 0.608. The molecule has 0 fully saturated rings. The molecule has 4 nitrogen and oxygen atoms in total. The van der Waals surface area contributed by atoms with Gasteiger partial charge in [-0.05, 0) is 42.8 Å². The Hall–Kier alpha value is -0.910. The molecule has 0 aromatic carbocycles. The number of carbonyl (C=O) groups is 1. The number of aliphatic hydroxyl groups excluding tert-OH is 1. The van der Waals surface area contributed by atoms with Gasteiger partial charge in [0.25, 0.3) is 0 Å². The molecule has 0 aliphatic heterocycles. The zero-order valence-electron chi connectivity index (χ0n) is 9.11. The van der Waals surface area contributed by atoms with E-state index < -0.39 is 5.97 Å². The predicted octanol–water partition coefficient (Wildman–Crippen LogP) is 1.70. The summed E-state index contributed by atoms with van der Waals surface area (Å²) in [6.07, 6.45) is 2.84. The second kappa shape index (κ2) is 7.38. The van der Waals surface area contributed by atoms with Gasteiger partial charge in [0.05, 0.1) is 0 Å². The van der Waals surface area contributed by atoms with Crippen molar-refractivity contribution in [3.63, 3.8) is 0 Å². The van der Waals surface area contributed by atoms with Crippen molar-refractivity contribution < 1.29 is 15.0 Å². The van der Waals surface area contributed by atoms with Crippen molar-refractivity contribution in [1.29, 1.82) is 0 Å². The standard InChI is InChI=1S/C11H17NO3S/c13-6-3-1-2-5-12-8-9-4-7-16-10(9)11(14)15/h4,7,12-13H,1-3,5-6,8H2,(H,14,15).